The number of hydrogen-bond donors (Lipinski definition) is 1. The molecule has 0 amide bonds. The minimum atomic E-state index is 0.389. The van der Waals surface area contributed by atoms with Crippen molar-refractivity contribution in [3.05, 3.63) is 71.8 Å². The zero-order valence-corrected chi connectivity index (χ0v) is 13.3. The number of rotatable bonds is 7. The van der Waals surface area contributed by atoms with Crippen LogP contribution in [0.1, 0.15) is 30.5 Å². The predicted octanol–water partition coefficient (Wildman–Crippen LogP) is 3.86. The van der Waals surface area contributed by atoms with Gasteiger partial charge in [-0.1, -0.05) is 67.6 Å². The molecule has 2 aromatic rings. The van der Waals surface area contributed by atoms with E-state index in [2.05, 4.69) is 91.9 Å². The molecule has 2 nitrogen and oxygen atoms in total. The molecule has 21 heavy (non-hydrogen) atoms. The molecule has 0 fully saturated rings. The first-order valence-electron chi connectivity index (χ1n) is 7.71. The smallest absolute Gasteiger partial charge is 0.0495 e. The Balaban J connectivity index is 2.09. The highest BCUT2D eigenvalue weighted by Gasteiger charge is 2.23. The second kappa shape index (κ2) is 7.96. The SMILES string of the molecule is CCC(NCc1ccccc1)C(c1ccccc1)N(C)C. The van der Waals surface area contributed by atoms with E-state index >= 15 is 0 Å². The molecular weight excluding hydrogens is 256 g/mol. The Labute approximate surface area is 128 Å². The van der Waals surface area contributed by atoms with Crippen LogP contribution in [0.15, 0.2) is 60.7 Å². The molecule has 2 atom stereocenters. The lowest BCUT2D eigenvalue weighted by Crippen LogP contribution is -2.40. The number of nitrogens with zero attached hydrogens (tertiary/aromatic N) is 1. The van der Waals surface area contributed by atoms with Crippen molar-refractivity contribution in [2.24, 2.45) is 0 Å². The van der Waals surface area contributed by atoms with Crippen molar-refractivity contribution in [1.29, 1.82) is 0 Å². The molecule has 0 saturated heterocycles. The van der Waals surface area contributed by atoms with Crippen molar-refractivity contribution in [3.63, 3.8) is 0 Å². The molecule has 0 aromatic heterocycles. The predicted molar refractivity (Wildman–Crippen MR) is 90.2 cm³/mol. The molecular formula is C19H26N2. The topological polar surface area (TPSA) is 15.3 Å². The standard InChI is InChI=1S/C19H26N2/c1-4-18(20-15-16-11-7-5-8-12-16)19(21(2)3)17-13-9-6-10-14-17/h5-14,18-20H,4,15H2,1-3H3. The molecule has 1 N–H and O–H groups in total. The van der Waals surface area contributed by atoms with Gasteiger partial charge >= 0.3 is 0 Å². The monoisotopic (exact) mass is 282 g/mol. The molecule has 2 unspecified atom stereocenters. The van der Waals surface area contributed by atoms with Gasteiger partial charge in [0.15, 0.2) is 0 Å². The highest BCUT2D eigenvalue weighted by molar-refractivity contribution is 5.21. The summed E-state index contributed by atoms with van der Waals surface area (Å²) in [4.78, 5) is 2.31. The maximum absolute atomic E-state index is 3.72. The maximum Gasteiger partial charge on any atom is 0.0495 e. The van der Waals surface area contributed by atoms with Crippen molar-refractivity contribution in [2.75, 3.05) is 14.1 Å². The summed E-state index contributed by atoms with van der Waals surface area (Å²) in [5.74, 6) is 0. The first kappa shape index (κ1) is 15.7. The molecule has 2 heteroatoms. The van der Waals surface area contributed by atoms with E-state index in [-0.39, 0.29) is 0 Å². The lowest BCUT2D eigenvalue weighted by atomic mass is 9.96. The molecule has 0 aliphatic rings. The van der Waals surface area contributed by atoms with Crippen molar-refractivity contribution in [1.82, 2.24) is 10.2 Å². The van der Waals surface area contributed by atoms with Crippen LogP contribution in [0.2, 0.25) is 0 Å². The number of benzene rings is 2. The molecule has 2 rings (SSSR count). The molecule has 0 aliphatic carbocycles. The van der Waals surface area contributed by atoms with Gasteiger partial charge in [-0.2, -0.15) is 0 Å². The van der Waals surface area contributed by atoms with Gasteiger partial charge in [-0.25, -0.2) is 0 Å². The summed E-state index contributed by atoms with van der Waals surface area (Å²) in [6.07, 6.45) is 1.10. The van der Waals surface area contributed by atoms with E-state index in [1.54, 1.807) is 0 Å². The van der Waals surface area contributed by atoms with Gasteiger partial charge in [-0.3, -0.25) is 0 Å². The number of hydrogen-bond acceptors (Lipinski definition) is 2. The molecule has 112 valence electrons. The normalized spacial score (nSPS) is 14.1. The fourth-order valence-corrected chi connectivity index (χ4v) is 2.86. The van der Waals surface area contributed by atoms with Crippen LogP contribution in [0, 0.1) is 0 Å². The van der Waals surface area contributed by atoms with Gasteiger partial charge in [0.1, 0.15) is 0 Å². The van der Waals surface area contributed by atoms with Crippen molar-refractivity contribution in [3.8, 4) is 0 Å². The molecule has 0 bridgehead atoms. The Hall–Kier alpha value is -1.64. The van der Waals surface area contributed by atoms with Gasteiger partial charge in [-0.05, 0) is 31.6 Å². The Kier molecular flexibility index (Phi) is 5.97. The van der Waals surface area contributed by atoms with Crippen LogP contribution >= 0.6 is 0 Å². The Morgan fingerprint density at radius 1 is 0.905 bits per heavy atom. The van der Waals surface area contributed by atoms with Gasteiger partial charge in [-0.15, -0.1) is 0 Å². The van der Waals surface area contributed by atoms with E-state index in [4.69, 9.17) is 0 Å². The van der Waals surface area contributed by atoms with E-state index in [1.807, 2.05) is 0 Å². The quantitative estimate of drug-likeness (QED) is 0.829. The third-order valence-electron chi connectivity index (χ3n) is 3.93. The minimum absolute atomic E-state index is 0.389. The summed E-state index contributed by atoms with van der Waals surface area (Å²) in [5, 5.41) is 3.72. The summed E-state index contributed by atoms with van der Waals surface area (Å²) in [6, 6.07) is 22.2. The van der Waals surface area contributed by atoms with Gasteiger partial charge in [0.05, 0.1) is 0 Å². The van der Waals surface area contributed by atoms with E-state index in [9.17, 15) is 0 Å². The van der Waals surface area contributed by atoms with E-state index < -0.39 is 0 Å². The van der Waals surface area contributed by atoms with E-state index in [0.29, 0.717) is 12.1 Å². The number of likely N-dealkylation sites (N-methyl/N-ethyl adjacent to an activating group) is 1. The summed E-state index contributed by atoms with van der Waals surface area (Å²) in [5.41, 5.74) is 2.71. The van der Waals surface area contributed by atoms with Crippen LogP contribution in [-0.2, 0) is 6.54 Å². The first-order chi connectivity index (χ1) is 10.2. The third-order valence-corrected chi connectivity index (χ3v) is 3.93. The fraction of sp³-hybridized carbons (Fsp3) is 0.368. The highest BCUT2D eigenvalue weighted by Crippen LogP contribution is 2.24. The summed E-state index contributed by atoms with van der Waals surface area (Å²) < 4.78 is 0. The van der Waals surface area contributed by atoms with Crippen molar-refractivity contribution >= 4 is 0 Å². The van der Waals surface area contributed by atoms with Gasteiger partial charge in [0.25, 0.3) is 0 Å². The van der Waals surface area contributed by atoms with Crippen LogP contribution in [0.3, 0.4) is 0 Å². The summed E-state index contributed by atoms with van der Waals surface area (Å²) >= 11 is 0. The second-order valence-corrected chi connectivity index (χ2v) is 5.70. The van der Waals surface area contributed by atoms with E-state index in [1.165, 1.54) is 11.1 Å². The number of nitrogens with one attached hydrogen (secondary N) is 1. The average Bonchev–Trinajstić information content (AvgIpc) is 2.52. The second-order valence-electron chi connectivity index (χ2n) is 5.70. The summed E-state index contributed by atoms with van der Waals surface area (Å²) in [7, 11) is 4.31. The Bertz CT molecular complexity index is 508. The molecule has 2 aromatic carbocycles. The minimum Gasteiger partial charge on any atom is -0.308 e. The zero-order valence-electron chi connectivity index (χ0n) is 13.3. The van der Waals surface area contributed by atoms with Gasteiger partial charge in [0.2, 0.25) is 0 Å². The maximum atomic E-state index is 3.72. The lowest BCUT2D eigenvalue weighted by Gasteiger charge is -2.33. The molecule has 0 radical (unpaired) electrons. The molecule has 0 heterocycles. The van der Waals surface area contributed by atoms with Crippen molar-refractivity contribution in [2.45, 2.75) is 32.0 Å². The first-order valence-corrected chi connectivity index (χ1v) is 7.71. The molecule has 0 aliphatic heterocycles. The summed E-state index contributed by atoms with van der Waals surface area (Å²) in [6.45, 7) is 3.17. The zero-order chi connectivity index (χ0) is 15.1. The highest BCUT2D eigenvalue weighted by atomic mass is 15.1. The molecule has 0 saturated carbocycles. The van der Waals surface area contributed by atoms with Crippen molar-refractivity contribution < 1.29 is 0 Å². The Morgan fingerprint density at radius 2 is 1.48 bits per heavy atom. The lowest BCUT2D eigenvalue weighted by molar-refractivity contribution is 0.225. The van der Waals surface area contributed by atoms with Crippen LogP contribution < -0.4 is 5.32 Å². The van der Waals surface area contributed by atoms with Crippen LogP contribution in [0.5, 0.6) is 0 Å². The van der Waals surface area contributed by atoms with Gasteiger partial charge in [0, 0.05) is 18.6 Å². The van der Waals surface area contributed by atoms with Gasteiger partial charge < -0.3 is 10.2 Å². The van der Waals surface area contributed by atoms with Crippen LogP contribution in [0.4, 0.5) is 0 Å². The molecule has 0 spiro atoms. The Morgan fingerprint density at radius 3 is 2.00 bits per heavy atom. The average molecular weight is 282 g/mol. The van der Waals surface area contributed by atoms with Crippen LogP contribution in [-0.4, -0.2) is 25.0 Å². The largest absolute Gasteiger partial charge is 0.308 e. The third kappa shape index (κ3) is 4.42. The van der Waals surface area contributed by atoms with Crippen LogP contribution in [0.25, 0.3) is 0 Å². The fourth-order valence-electron chi connectivity index (χ4n) is 2.86. The van der Waals surface area contributed by atoms with E-state index in [0.717, 1.165) is 13.0 Å².